The number of carbonyl (C=O) groups excluding carboxylic acids is 1. The first-order valence-electron chi connectivity index (χ1n) is 6.51. The molecule has 0 N–H and O–H groups in total. The molecule has 0 aromatic heterocycles. The fourth-order valence-electron chi connectivity index (χ4n) is 1.35. The van der Waals surface area contributed by atoms with Gasteiger partial charge < -0.3 is 0 Å². The van der Waals surface area contributed by atoms with Gasteiger partial charge in [0.2, 0.25) is 0 Å². The minimum atomic E-state index is 0.0752. The molecule has 2 aromatic carbocycles. The molecule has 0 radical (unpaired) electrons. The van der Waals surface area contributed by atoms with Gasteiger partial charge in [0.15, 0.2) is 5.78 Å². The maximum atomic E-state index is 11.8. The Morgan fingerprint density at radius 3 is 1.37 bits per heavy atom. The molecule has 0 unspecified atom stereocenters. The zero-order valence-electron chi connectivity index (χ0n) is 12.0. The highest BCUT2D eigenvalue weighted by Crippen LogP contribution is 2.08. The largest absolute Gasteiger partial charge is 0.289 e. The molecule has 100 valence electrons. The first kappa shape index (κ1) is 16.9. The van der Waals surface area contributed by atoms with E-state index in [2.05, 4.69) is 6.58 Å². The molecule has 0 saturated heterocycles. The normalized spacial score (nSPS) is 8.16. The molecule has 1 heteroatoms. The lowest BCUT2D eigenvalue weighted by Gasteiger charge is -1.99. The Morgan fingerprint density at radius 2 is 1.11 bits per heavy atom. The van der Waals surface area contributed by atoms with Crippen molar-refractivity contribution in [2.75, 3.05) is 0 Å². The number of ketones is 1. The van der Waals surface area contributed by atoms with Crippen molar-refractivity contribution in [2.45, 2.75) is 20.8 Å². The van der Waals surface area contributed by atoms with E-state index in [0.29, 0.717) is 0 Å². The number of hydrogen-bond acceptors (Lipinski definition) is 1. The second-order valence-electron chi connectivity index (χ2n) is 3.47. The van der Waals surface area contributed by atoms with Crippen LogP contribution in [0.25, 0.3) is 0 Å². The molecular weight excluding hydrogens is 232 g/mol. The van der Waals surface area contributed by atoms with Crippen LogP contribution in [0.5, 0.6) is 0 Å². The Balaban J connectivity index is 0.000000573. The lowest BCUT2D eigenvalue weighted by Crippen LogP contribution is -1.99. The van der Waals surface area contributed by atoms with Crippen molar-refractivity contribution in [3.63, 3.8) is 0 Å². The molecule has 0 heterocycles. The van der Waals surface area contributed by atoms with Crippen LogP contribution in [0.15, 0.2) is 73.3 Å². The average molecular weight is 254 g/mol. The van der Waals surface area contributed by atoms with Crippen molar-refractivity contribution in [3.8, 4) is 0 Å². The molecule has 2 aromatic rings. The molecule has 0 aliphatic heterocycles. The molecule has 0 bridgehead atoms. The molecule has 0 atom stereocenters. The van der Waals surface area contributed by atoms with Crippen LogP contribution in [0.2, 0.25) is 0 Å². The quantitative estimate of drug-likeness (QED) is 0.536. The van der Waals surface area contributed by atoms with Gasteiger partial charge in [-0.25, -0.2) is 0 Å². The van der Waals surface area contributed by atoms with Crippen molar-refractivity contribution < 1.29 is 4.79 Å². The summed E-state index contributed by atoms with van der Waals surface area (Å²) in [6.45, 7) is 9.25. The molecule has 0 saturated carbocycles. The van der Waals surface area contributed by atoms with Crippen LogP contribution in [-0.2, 0) is 0 Å². The van der Waals surface area contributed by atoms with Gasteiger partial charge in [-0.3, -0.25) is 4.79 Å². The van der Waals surface area contributed by atoms with Crippen LogP contribution < -0.4 is 0 Å². The number of hydrogen-bond donors (Lipinski definition) is 0. The summed E-state index contributed by atoms with van der Waals surface area (Å²) >= 11 is 0. The Morgan fingerprint density at radius 1 is 0.842 bits per heavy atom. The van der Waals surface area contributed by atoms with Crippen LogP contribution in [0.1, 0.15) is 36.7 Å². The van der Waals surface area contributed by atoms with Crippen LogP contribution in [-0.4, -0.2) is 5.78 Å². The summed E-state index contributed by atoms with van der Waals surface area (Å²) in [6, 6.07) is 18.6. The monoisotopic (exact) mass is 254 g/mol. The predicted octanol–water partition coefficient (Wildman–Crippen LogP) is 5.14. The molecule has 1 nitrogen and oxygen atoms in total. The number of carbonyl (C=O) groups is 1. The highest BCUT2D eigenvalue weighted by Gasteiger charge is 2.06. The third-order valence-electron chi connectivity index (χ3n) is 2.07. The van der Waals surface area contributed by atoms with E-state index in [0.717, 1.165) is 11.1 Å². The third-order valence-corrected chi connectivity index (χ3v) is 2.07. The van der Waals surface area contributed by atoms with Crippen molar-refractivity contribution in [3.05, 3.63) is 84.4 Å². The number of benzene rings is 2. The summed E-state index contributed by atoms with van der Waals surface area (Å²) in [5, 5.41) is 0. The minimum absolute atomic E-state index is 0.0752. The summed E-state index contributed by atoms with van der Waals surface area (Å²) in [4.78, 5) is 11.8. The lowest BCUT2D eigenvalue weighted by molar-refractivity contribution is 0.103. The highest BCUT2D eigenvalue weighted by atomic mass is 16.1. The van der Waals surface area contributed by atoms with Crippen molar-refractivity contribution >= 4 is 5.78 Å². The Bertz CT molecular complexity index is 416. The molecule has 0 fully saturated rings. The van der Waals surface area contributed by atoms with Gasteiger partial charge in [-0.05, 0) is 6.92 Å². The second-order valence-corrected chi connectivity index (χ2v) is 3.47. The Labute approximate surface area is 116 Å². The van der Waals surface area contributed by atoms with Crippen molar-refractivity contribution in [1.29, 1.82) is 0 Å². The fourth-order valence-corrected chi connectivity index (χ4v) is 1.35. The maximum absolute atomic E-state index is 11.8. The smallest absolute Gasteiger partial charge is 0.193 e. The van der Waals surface area contributed by atoms with Gasteiger partial charge in [-0.1, -0.05) is 80.6 Å². The number of allylic oxidation sites excluding steroid dienone is 1. The van der Waals surface area contributed by atoms with Crippen molar-refractivity contribution in [1.82, 2.24) is 0 Å². The second kappa shape index (κ2) is 11.0. The van der Waals surface area contributed by atoms with Gasteiger partial charge in [0.1, 0.15) is 0 Å². The first-order chi connectivity index (χ1) is 9.29. The number of rotatable bonds is 2. The molecule has 0 spiro atoms. The van der Waals surface area contributed by atoms with Crippen LogP contribution in [0.4, 0.5) is 0 Å². The van der Waals surface area contributed by atoms with Gasteiger partial charge in [-0.15, -0.1) is 6.58 Å². The molecular formula is C18H22O. The minimum Gasteiger partial charge on any atom is -0.289 e. The van der Waals surface area contributed by atoms with Gasteiger partial charge in [0, 0.05) is 11.1 Å². The molecule has 0 aliphatic rings. The van der Waals surface area contributed by atoms with Crippen molar-refractivity contribution in [2.24, 2.45) is 0 Å². The van der Waals surface area contributed by atoms with E-state index in [1.165, 1.54) is 0 Å². The predicted molar refractivity (Wildman–Crippen MR) is 83.5 cm³/mol. The van der Waals surface area contributed by atoms with E-state index in [4.69, 9.17) is 0 Å². The zero-order chi connectivity index (χ0) is 14.5. The molecule has 0 aliphatic carbocycles. The summed E-state index contributed by atoms with van der Waals surface area (Å²) in [7, 11) is 0. The highest BCUT2D eigenvalue weighted by molar-refractivity contribution is 6.08. The van der Waals surface area contributed by atoms with Gasteiger partial charge in [-0.2, -0.15) is 0 Å². The van der Waals surface area contributed by atoms with E-state index in [1.807, 2.05) is 81.4 Å². The molecule has 0 amide bonds. The third kappa shape index (κ3) is 6.37. The molecule has 2 rings (SSSR count). The van der Waals surface area contributed by atoms with Gasteiger partial charge in [0.05, 0.1) is 0 Å². The van der Waals surface area contributed by atoms with Gasteiger partial charge >= 0.3 is 0 Å². The fraction of sp³-hybridized carbons (Fsp3) is 0.167. The van der Waals surface area contributed by atoms with Crippen LogP contribution >= 0.6 is 0 Å². The Kier molecular flexibility index (Phi) is 9.73. The summed E-state index contributed by atoms with van der Waals surface area (Å²) in [5.74, 6) is 0.0752. The topological polar surface area (TPSA) is 17.1 Å². The van der Waals surface area contributed by atoms with E-state index >= 15 is 0 Å². The average Bonchev–Trinajstić information content (AvgIpc) is 2.51. The van der Waals surface area contributed by atoms with Crippen LogP contribution in [0, 0.1) is 0 Å². The van der Waals surface area contributed by atoms with Gasteiger partial charge in [0.25, 0.3) is 0 Å². The maximum Gasteiger partial charge on any atom is 0.193 e. The van der Waals surface area contributed by atoms with E-state index in [-0.39, 0.29) is 5.78 Å². The molecule has 19 heavy (non-hydrogen) atoms. The lowest BCUT2D eigenvalue weighted by atomic mass is 10.0. The zero-order valence-corrected chi connectivity index (χ0v) is 12.0. The van der Waals surface area contributed by atoms with Crippen LogP contribution in [0.3, 0.4) is 0 Å². The summed E-state index contributed by atoms with van der Waals surface area (Å²) in [5.41, 5.74) is 1.47. The van der Waals surface area contributed by atoms with E-state index in [1.54, 1.807) is 6.08 Å². The van der Waals surface area contributed by atoms with E-state index in [9.17, 15) is 4.79 Å². The standard InChI is InChI=1S/C13H10O.C3H6.C2H6/c14-13(11-7-3-1-4-8-11)12-9-5-2-6-10-12;1-3-2;1-2/h1-10H;3H,1H2,2H3;1-2H3. The summed E-state index contributed by atoms with van der Waals surface area (Å²) < 4.78 is 0. The SMILES string of the molecule is C=CC.CC.O=C(c1ccccc1)c1ccccc1. The van der Waals surface area contributed by atoms with E-state index < -0.39 is 0 Å². The first-order valence-corrected chi connectivity index (χ1v) is 6.51. The summed E-state index contributed by atoms with van der Waals surface area (Å²) in [6.07, 6.45) is 1.75. The Hall–Kier alpha value is -2.15.